The highest BCUT2D eigenvalue weighted by molar-refractivity contribution is 5.73. The van der Waals surface area contributed by atoms with Crippen molar-refractivity contribution in [2.75, 3.05) is 26.8 Å². The van der Waals surface area contributed by atoms with E-state index < -0.39 is 0 Å². The van der Waals surface area contributed by atoms with Crippen molar-refractivity contribution in [3.05, 3.63) is 0 Å². The third kappa shape index (κ3) is 6.36. The van der Waals surface area contributed by atoms with Gasteiger partial charge in [-0.2, -0.15) is 0 Å². The quantitative estimate of drug-likeness (QED) is 0.593. The Bertz CT molecular complexity index is 135. The first-order valence-electron chi connectivity index (χ1n) is 4.43. The number of ether oxygens (including phenoxy) is 2. The molecule has 0 rings (SSSR count). The van der Waals surface area contributed by atoms with E-state index in [1.807, 2.05) is 13.8 Å². The minimum absolute atomic E-state index is 0.232. The van der Waals surface area contributed by atoms with Crippen molar-refractivity contribution in [3.63, 3.8) is 0 Å². The van der Waals surface area contributed by atoms with Crippen LogP contribution in [0.3, 0.4) is 0 Å². The Labute approximate surface area is 78.8 Å². The molecule has 2 amide bonds. The summed E-state index contributed by atoms with van der Waals surface area (Å²) in [4.78, 5) is 10.8. The molecular weight excluding hydrogens is 172 g/mol. The van der Waals surface area contributed by atoms with Crippen molar-refractivity contribution in [2.24, 2.45) is 0 Å². The molecule has 13 heavy (non-hydrogen) atoms. The van der Waals surface area contributed by atoms with Gasteiger partial charge in [0.1, 0.15) is 0 Å². The molecule has 0 saturated heterocycles. The molecule has 0 atom stereocenters. The Morgan fingerprint density at radius 1 is 1.31 bits per heavy atom. The van der Waals surface area contributed by atoms with Gasteiger partial charge in [0.05, 0.1) is 6.54 Å². The molecule has 0 fully saturated rings. The number of urea groups is 1. The molecule has 0 aliphatic rings. The van der Waals surface area contributed by atoms with E-state index in [4.69, 9.17) is 9.47 Å². The predicted octanol–water partition coefficient (Wildman–Crippen LogP) is 0.314. The zero-order valence-corrected chi connectivity index (χ0v) is 8.42. The van der Waals surface area contributed by atoms with Gasteiger partial charge in [-0.1, -0.05) is 0 Å². The maximum absolute atomic E-state index is 10.8. The number of carbonyl (C=O) groups is 1. The van der Waals surface area contributed by atoms with Crippen molar-refractivity contribution in [1.29, 1.82) is 0 Å². The van der Waals surface area contributed by atoms with Crippen LogP contribution in [0.4, 0.5) is 4.79 Å². The van der Waals surface area contributed by atoms with E-state index in [2.05, 4.69) is 10.6 Å². The number of hydrogen-bond acceptors (Lipinski definition) is 3. The highest BCUT2D eigenvalue weighted by Crippen LogP contribution is 1.92. The molecule has 0 aromatic carbocycles. The molecule has 2 N–H and O–H groups in total. The predicted molar refractivity (Wildman–Crippen MR) is 49.5 cm³/mol. The highest BCUT2D eigenvalue weighted by Gasteiger charge is 2.08. The molecule has 0 aromatic rings. The van der Waals surface area contributed by atoms with Crippen molar-refractivity contribution >= 4 is 6.03 Å². The molecule has 0 bridgehead atoms. The molecule has 0 radical (unpaired) electrons. The lowest BCUT2D eigenvalue weighted by Crippen LogP contribution is -2.39. The normalized spacial score (nSPS) is 10.2. The number of amides is 2. The molecule has 0 heterocycles. The Morgan fingerprint density at radius 3 is 2.23 bits per heavy atom. The lowest BCUT2D eigenvalue weighted by molar-refractivity contribution is -0.131. The van der Waals surface area contributed by atoms with Gasteiger partial charge in [-0.25, -0.2) is 4.79 Å². The number of nitrogens with one attached hydrogen (secondary N) is 2. The third-order valence-electron chi connectivity index (χ3n) is 1.36. The van der Waals surface area contributed by atoms with Crippen LogP contribution in [-0.4, -0.2) is 39.1 Å². The van der Waals surface area contributed by atoms with Crippen LogP contribution in [-0.2, 0) is 9.47 Å². The minimum Gasteiger partial charge on any atom is -0.351 e. The summed E-state index contributed by atoms with van der Waals surface area (Å²) in [5.74, 6) is 0. The molecule has 78 valence electrons. The molecular formula is C8H18N2O3. The van der Waals surface area contributed by atoms with Crippen molar-refractivity contribution in [3.8, 4) is 0 Å². The first-order valence-corrected chi connectivity index (χ1v) is 4.43. The molecule has 5 nitrogen and oxygen atoms in total. The fourth-order valence-corrected chi connectivity index (χ4v) is 0.802. The molecule has 0 aliphatic heterocycles. The lowest BCUT2D eigenvalue weighted by Gasteiger charge is -2.16. The van der Waals surface area contributed by atoms with Gasteiger partial charge >= 0.3 is 6.03 Å². The summed E-state index contributed by atoms with van der Waals surface area (Å²) < 4.78 is 10.4. The lowest BCUT2D eigenvalue weighted by atomic mass is 10.6. The van der Waals surface area contributed by atoms with Gasteiger partial charge in [0.2, 0.25) is 0 Å². The molecule has 0 unspecified atom stereocenters. The maximum Gasteiger partial charge on any atom is 0.314 e. The summed E-state index contributed by atoms with van der Waals surface area (Å²) in [7, 11) is 1.56. The first-order chi connectivity index (χ1) is 6.24. The summed E-state index contributed by atoms with van der Waals surface area (Å²) in [5.41, 5.74) is 0. The summed E-state index contributed by atoms with van der Waals surface area (Å²) >= 11 is 0. The van der Waals surface area contributed by atoms with Crippen molar-refractivity contribution in [1.82, 2.24) is 10.6 Å². The van der Waals surface area contributed by atoms with Gasteiger partial charge in [-0.15, -0.1) is 0 Å². The van der Waals surface area contributed by atoms with Crippen LogP contribution in [0.25, 0.3) is 0 Å². The van der Waals surface area contributed by atoms with Crippen LogP contribution in [0.1, 0.15) is 13.8 Å². The third-order valence-corrected chi connectivity index (χ3v) is 1.36. The van der Waals surface area contributed by atoms with Crippen molar-refractivity contribution < 1.29 is 14.3 Å². The molecule has 0 spiro atoms. The van der Waals surface area contributed by atoms with Crippen LogP contribution in [0.2, 0.25) is 0 Å². The van der Waals surface area contributed by atoms with E-state index >= 15 is 0 Å². The van der Waals surface area contributed by atoms with E-state index in [0.717, 1.165) is 0 Å². The summed E-state index contributed by atoms with van der Waals surface area (Å²) in [6.07, 6.45) is -0.354. The van der Waals surface area contributed by atoms with Gasteiger partial charge in [-0.05, 0) is 13.8 Å². The monoisotopic (exact) mass is 190 g/mol. The van der Waals surface area contributed by atoms with Crippen LogP contribution in [0.15, 0.2) is 0 Å². The summed E-state index contributed by atoms with van der Waals surface area (Å²) in [5, 5.41) is 5.05. The van der Waals surface area contributed by atoms with Gasteiger partial charge in [0.15, 0.2) is 6.29 Å². The maximum atomic E-state index is 10.8. The summed E-state index contributed by atoms with van der Waals surface area (Å²) in [6, 6.07) is -0.232. The standard InChI is InChI=1S/C8H18N2O3/c1-4-12-7(13-5-2)6-10-8(11)9-3/h7H,4-6H2,1-3H3,(H2,9,10,11). The van der Waals surface area contributed by atoms with E-state index in [9.17, 15) is 4.79 Å². The van der Waals surface area contributed by atoms with Crippen molar-refractivity contribution in [2.45, 2.75) is 20.1 Å². The number of hydrogen-bond donors (Lipinski definition) is 2. The second-order valence-corrected chi connectivity index (χ2v) is 2.30. The second-order valence-electron chi connectivity index (χ2n) is 2.30. The fraction of sp³-hybridized carbons (Fsp3) is 0.875. The molecule has 0 saturated carbocycles. The van der Waals surface area contributed by atoms with Gasteiger partial charge < -0.3 is 20.1 Å². The van der Waals surface area contributed by atoms with Gasteiger partial charge in [-0.3, -0.25) is 0 Å². The van der Waals surface area contributed by atoms with Crippen LogP contribution in [0.5, 0.6) is 0 Å². The fourth-order valence-electron chi connectivity index (χ4n) is 0.802. The van der Waals surface area contributed by atoms with Gasteiger partial charge in [0, 0.05) is 20.3 Å². The van der Waals surface area contributed by atoms with Crippen LogP contribution in [0, 0.1) is 0 Å². The largest absolute Gasteiger partial charge is 0.351 e. The van der Waals surface area contributed by atoms with Crippen LogP contribution >= 0.6 is 0 Å². The van der Waals surface area contributed by atoms with E-state index in [1.54, 1.807) is 7.05 Å². The SMILES string of the molecule is CCOC(CNC(=O)NC)OCC. The minimum atomic E-state index is -0.354. The number of rotatable bonds is 6. The second kappa shape index (κ2) is 7.82. The smallest absolute Gasteiger partial charge is 0.314 e. The Hall–Kier alpha value is -0.810. The Kier molecular flexibility index (Phi) is 7.33. The Morgan fingerprint density at radius 2 is 1.85 bits per heavy atom. The average molecular weight is 190 g/mol. The topological polar surface area (TPSA) is 59.6 Å². The Balaban J connectivity index is 3.61. The van der Waals surface area contributed by atoms with Crippen LogP contribution < -0.4 is 10.6 Å². The highest BCUT2D eigenvalue weighted by atomic mass is 16.7. The molecule has 0 aliphatic carbocycles. The molecule has 0 aromatic heterocycles. The number of carbonyl (C=O) groups excluding carboxylic acids is 1. The summed E-state index contributed by atoms with van der Waals surface area (Å²) in [6.45, 7) is 5.26. The zero-order chi connectivity index (χ0) is 10.1. The molecule has 5 heteroatoms. The van der Waals surface area contributed by atoms with E-state index in [-0.39, 0.29) is 12.3 Å². The average Bonchev–Trinajstić information content (AvgIpc) is 2.14. The van der Waals surface area contributed by atoms with Gasteiger partial charge in [0.25, 0.3) is 0 Å². The van der Waals surface area contributed by atoms with E-state index in [0.29, 0.717) is 19.8 Å². The van der Waals surface area contributed by atoms with E-state index in [1.165, 1.54) is 0 Å². The first kappa shape index (κ1) is 12.2. The zero-order valence-electron chi connectivity index (χ0n) is 8.42.